The molecule has 2 heterocycles. The Labute approximate surface area is 186 Å². The second-order valence-corrected chi connectivity index (χ2v) is 8.15. The van der Waals surface area contributed by atoms with Gasteiger partial charge in [0, 0.05) is 75.9 Å². The highest BCUT2D eigenvalue weighted by molar-refractivity contribution is 5.91. The number of carboxylic acid groups (broad SMARTS) is 2. The topological polar surface area (TPSA) is 116 Å². The van der Waals surface area contributed by atoms with E-state index in [1.165, 1.54) is 7.11 Å². The number of amides is 1. The van der Waals surface area contributed by atoms with Crippen LogP contribution < -0.4 is 4.74 Å². The number of aliphatic carboxylic acids is 2. The van der Waals surface area contributed by atoms with E-state index in [0.29, 0.717) is 61.4 Å². The number of rotatable bonds is 9. The monoisotopic (exact) mass is 446 g/mol. The van der Waals surface area contributed by atoms with E-state index in [1.54, 1.807) is 48.0 Å². The van der Waals surface area contributed by atoms with Crippen LogP contribution in [0.25, 0.3) is 10.9 Å². The molecule has 174 valence electrons. The van der Waals surface area contributed by atoms with E-state index in [1.807, 2.05) is 4.90 Å². The number of hydrogen-bond acceptors (Lipinski definition) is 6. The Morgan fingerprint density at radius 2 is 1.81 bits per heavy atom. The summed E-state index contributed by atoms with van der Waals surface area (Å²) >= 11 is 0. The average molecular weight is 447 g/mol. The Balaban J connectivity index is 1.84. The number of benzene rings is 1. The van der Waals surface area contributed by atoms with Crippen LogP contribution in [0, 0.1) is 0 Å². The van der Waals surface area contributed by atoms with Gasteiger partial charge in [-0.1, -0.05) is 0 Å². The summed E-state index contributed by atoms with van der Waals surface area (Å²) in [5.74, 6) is -1.35. The minimum Gasteiger partial charge on any atom is -0.497 e. The van der Waals surface area contributed by atoms with Crippen LogP contribution in [0.2, 0.25) is 0 Å². The van der Waals surface area contributed by atoms with Crippen LogP contribution in [-0.2, 0) is 20.9 Å². The van der Waals surface area contributed by atoms with Gasteiger partial charge in [-0.25, -0.2) is 0 Å². The van der Waals surface area contributed by atoms with Gasteiger partial charge in [-0.2, -0.15) is 0 Å². The smallest absolute Gasteiger partial charge is 0.325 e. The molecule has 10 nitrogen and oxygen atoms in total. The van der Waals surface area contributed by atoms with Crippen molar-refractivity contribution in [2.75, 3.05) is 53.9 Å². The lowest BCUT2D eigenvalue weighted by Gasteiger charge is -2.37. The molecule has 0 aliphatic carbocycles. The Hall–Kier alpha value is -3.11. The third-order valence-electron chi connectivity index (χ3n) is 5.87. The van der Waals surface area contributed by atoms with Crippen molar-refractivity contribution in [2.45, 2.75) is 19.0 Å². The molecule has 0 bridgehead atoms. The molecule has 0 radical (unpaired) electrons. The Kier molecular flexibility index (Phi) is 7.37. The molecule has 1 aromatic heterocycles. The first-order valence-electron chi connectivity index (χ1n) is 10.5. The van der Waals surface area contributed by atoms with Crippen LogP contribution in [0.1, 0.15) is 18.0 Å². The zero-order valence-corrected chi connectivity index (χ0v) is 18.7. The number of piperazine rings is 1. The van der Waals surface area contributed by atoms with Gasteiger partial charge < -0.3 is 29.3 Å². The molecule has 0 saturated carbocycles. The van der Waals surface area contributed by atoms with Crippen LogP contribution in [0.15, 0.2) is 24.4 Å². The van der Waals surface area contributed by atoms with Crippen LogP contribution in [0.4, 0.5) is 0 Å². The Morgan fingerprint density at radius 1 is 1.12 bits per heavy atom. The van der Waals surface area contributed by atoms with Crippen molar-refractivity contribution in [3.63, 3.8) is 0 Å². The molecule has 1 aromatic carbocycles. The molecular weight excluding hydrogens is 416 g/mol. The number of fused-ring (bicyclic) bond motifs is 1. The Morgan fingerprint density at radius 3 is 2.38 bits per heavy atom. The molecule has 0 spiro atoms. The highest BCUT2D eigenvalue weighted by Crippen LogP contribution is 2.33. The summed E-state index contributed by atoms with van der Waals surface area (Å²) in [6.45, 7) is 2.75. The fraction of sp³-hybridized carbons (Fsp3) is 0.500. The van der Waals surface area contributed by atoms with Gasteiger partial charge in [0.05, 0.1) is 7.11 Å². The minimum absolute atomic E-state index is 0.0658. The minimum atomic E-state index is -1.00. The summed E-state index contributed by atoms with van der Waals surface area (Å²) in [5, 5.41) is 20.0. The van der Waals surface area contributed by atoms with E-state index in [-0.39, 0.29) is 12.5 Å². The van der Waals surface area contributed by atoms with E-state index in [4.69, 9.17) is 4.74 Å². The number of carbonyl (C=O) groups is 3. The number of hydrogen-bond donors (Lipinski definition) is 2. The van der Waals surface area contributed by atoms with E-state index < -0.39 is 18.0 Å². The van der Waals surface area contributed by atoms with Crippen molar-refractivity contribution >= 4 is 28.7 Å². The van der Waals surface area contributed by atoms with E-state index in [9.17, 15) is 24.6 Å². The quantitative estimate of drug-likeness (QED) is 0.585. The SMILES string of the molecule is COc1ccc2c(c1)c(C(C(=O)O)N1CCN(CCC(=O)N(C)C)CC1)cn2CC(=O)O. The van der Waals surface area contributed by atoms with Crippen LogP contribution in [0.3, 0.4) is 0 Å². The number of carboxylic acids is 2. The molecular formula is C22H30N4O6. The van der Waals surface area contributed by atoms with Gasteiger partial charge in [0.25, 0.3) is 0 Å². The maximum absolute atomic E-state index is 12.3. The maximum atomic E-state index is 12.3. The molecule has 1 atom stereocenters. The lowest BCUT2D eigenvalue weighted by Crippen LogP contribution is -2.49. The zero-order valence-electron chi connectivity index (χ0n) is 18.7. The fourth-order valence-corrected chi connectivity index (χ4v) is 4.13. The maximum Gasteiger partial charge on any atom is 0.325 e. The molecule has 2 N–H and O–H groups in total. The molecule has 1 aliphatic heterocycles. The van der Waals surface area contributed by atoms with Gasteiger partial charge in [-0.05, 0) is 18.2 Å². The van der Waals surface area contributed by atoms with Crippen molar-refractivity contribution in [1.82, 2.24) is 19.3 Å². The van der Waals surface area contributed by atoms with Crippen molar-refractivity contribution in [3.05, 3.63) is 30.0 Å². The normalized spacial score (nSPS) is 16.1. The summed E-state index contributed by atoms with van der Waals surface area (Å²) in [4.78, 5) is 41.1. The molecule has 1 unspecified atom stereocenters. The number of methoxy groups -OCH3 is 1. The highest BCUT2D eigenvalue weighted by Gasteiger charge is 2.33. The van der Waals surface area contributed by atoms with Crippen LogP contribution in [-0.4, -0.2) is 101 Å². The first-order valence-corrected chi connectivity index (χ1v) is 10.5. The summed E-state index contributed by atoms with van der Waals surface area (Å²) in [5.41, 5.74) is 1.19. The summed E-state index contributed by atoms with van der Waals surface area (Å²) in [6, 6.07) is 4.32. The third kappa shape index (κ3) is 5.20. The first-order chi connectivity index (χ1) is 15.2. The molecule has 32 heavy (non-hydrogen) atoms. The molecule has 2 aromatic rings. The number of aromatic nitrogens is 1. The highest BCUT2D eigenvalue weighted by atomic mass is 16.5. The summed E-state index contributed by atoms with van der Waals surface area (Å²) in [7, 11) is 4.99. The van der Waals surface area contributed by atoms with E-state index in [2.05, 4.69) is 4.90 Å². The predicted molar refractivity (Wildman–Crippen MR) is 118 cm³/mol. The van der Waals surface area contributed by atoms with Gasteiger partial charge >= 0.3 is 11.9 Å². The van der Waals surface area contributed by atoms with Crippen molar-refractivity contribution in [3.8, 4) is 5.75 Å². The van der Waals surface area contributed by atoms with Crippen molar-refractivity contribution < 1.29 is 29.3 Å². The second-order valence-electron chi connectivity index (χ2n) is 8.15. The summed E-state index contributed by atoms with van der Waals surface area (Å²) < 4.78 is 6.87. The van der Waals surface area contributed by atoms with Gasteiger partial charge in [0.1, 0.15) is 18.3 Å². The van der Waals surface area contributed by atoms with Gasteiger partial charge in [-0.3, -0.25) is 19.3 Å². The van der Waals surface area contributed by atoms with Gasteiger partial charge in [0.2, 0.25) is 5.91 Å². The van der Waals surface area contributed by atoms with E-state index in [0.717, 1.165) is 0 Å². The molecule has 1 fully saturated rings. The van der Waals surface area contributed by atoms with Crippen molar-refractivity contribution in [2.24, 2.45) is 0 Å². The molecule has 1 saturated heterocycles. The van der Waals surface area contributed by atoms with E-state index >= 15 is 0 Å². The molecule has 1 aliphatic rings. The van der Waals surface area contributed by atoms with Crippen LogP contribution in [0.5, 0.6) is 5.75 Å². The largest absolute Gasteiger partial charge is 0.497 e. The standard InChI is InChI=1S/C22H30N4O6/c1-23(2)19(27)6-7-24-8-10-25(11-9-24)21(22(30)31)17-13-26(14-20(28)29)18-5-4-15(32-3)12-16(17)18/h4-5,12-13,21H,6-11,14H2,1-3H3,(H,28,29)(H,30,31). The van der Waals surface area contributed by atoms with Crippen LogP contribution >= 0.6 is 0 Å². The molecule has 1 amide bonds. The lowest BCUT2D eigenvalue weighted by molar-refractivity contribution is -0.144. The predicted octanol–water partition coefficient (Wildman–Crippen LogP) is 0.956. The van der Waals surface area contributed by atoms with Gasteiger partial charge in [0.15, 0.2) is 0 Å². The van der Waals surface area contributed by atoms with Gasteiger partial charge in [-0.15, -0.1) is 0 Å². The third-order valence-corrected chi connectivity index (χ3v) is 5.87. The number of nitrogens with zero attached hydrogens (tertiary/aromatic N) is 4. The lowest BCUT2D eigenvalue weighted by atomic mass is 10.0. The van der Waals surface area contributed by atoms with Crippen molar-refractivity contribution in [1.29, 1.82) is 0 Å². The zero-order chi connectivity index (χ0) is 23.4. The first kappa shape index (κ1) is 23.6. The average Bonchev–Trinajstić information content (AvgIpc) is 3.09. The molecule has 3 rings (SSSR count). The Bertz CT molecular complexity index is 994. The number of carbonyl (C=O) groups excluding carboxylic acids is 1. The number of ether oxygens (including phenoxy) is 1. The second kappa shape index (κ2) is 10.0. The fourth-order valence-electron chi connectivity index (χ4n) is 4.13. The summed E-state index contributed by atoms with van der Waals surface area (Å²) in [6.07, 6.45) is 2.05. The molecule has 10 heteroatoms.